The summed E-state index contributed by atoms with van der Waals surface area (Å²) in [5.41, 5.74) is 0.0232. The van der Waals surface area contributed by atoms with Gasteiger partial charge in [0.25, 0.3) is 5.89 Å². The fourth-order valence-corrected chi connectivity index (χ4v) is 1.20. The molecule has 1 aromatic heterocycles. The van der Waals surface area contributed by atoms with E-state index in [0.29, 0.717) is 6.29 Å². The van der Waals surface area contributed by atoms with Gasteiger partial charge in [-0.15, -0.1) is 0 Å². The van der Waals surface area contributed by atoms with Crippen LogP contribution >= 0.6 is 0 Å². The van der Waals surface area contributed by atoms with E-state index in [4.69, 9.17) is 0 Å². The number of aldehydes is 1. The Morgan fingerprint density at radius 2 is 2.12 bits per heavy atom. The lowest BCUT2D eigenvalue weighted by Gasteiger charge is -1.96. The summed E-state index contributed by atoms with van der Waals surface area (Å²) in [6.07, 6.45) is -2.53. The van der Waals surface area contributed by atoms with E-state index in [1.54, 1.807) is 0 Å². The molecule has 0 N–H and O–H groups in total. The number of hydrogen-bond donors (Lipinski definition) is 0. The molecule has 0 aliphatic heterocycles. The molecule has 2 rings (SSSR count). The van der Waals surface area contributed by atoms with Crippen LogP contribution in [0.3, 0.4) is 0 Å². The Morgan fingerprint density at radius 1 is 1.35 bits per heavy atom. The van der Waals surface area contributed by atoms with E-state index in [0.717, 1.165) is 6.07 Å². The Bertz CT molecular complexity index is 554. The van der Waals surface area contributed by atoms with Crippen molar-refractivity contribution in [1.82, 2.24) is 10.1 Å². The average Bonchev–Trinajstić information content (AvgIpc) is 2.78. The van der Waals surface area contributed by atoms with E-state index in [1.807, 2.05) is 0 Å². The number of hydrogen-bond acceptors (Lipinski definition) is 4. The van der Waals surface area contributed by atoms with Gasteiger partial charge in [-0.2, -0.15) is 13.8 Å². The number of nitrogens with zero attached hydrogens (tertiary/aromatic N) is 2. The van der Waals surface area contributed by atoms with E-state index >= 15 is 0 Å². The Kier molecular flexibility index (Phi) is 2.90. The Labute approximate surface area is 93.1 Å². The maximum Gasteiger partial charge on any atom is 0.315 e. The topological polar surface area (TPSA) is 56.0 Å². The van der Waals surface area contributed by atoms with Crippen LogP contribution in [0, 0.1) is 5.82 Å². The summed E-state index contributed by atoms with van der Waals surface area (Å²) in [6, 6.07) is 3.52. The largest absolute Gasteiger partial charge is 0.333 e. The summed E-state index contributed by atoms with van der Waals surface area (Å²) < 4.78 is 41.9. The summed E-state index contributed by atoms with van der Waals surface area (Å²) in [7, 11) is 0. The van der Waals surface area contributed by atoms with Crippen molar-refractivity contribution >= 4 is 6.29 Å². The molecule has 0 bridgehead atoms. The van der Waals surface area contributed by atoms with E-state index in [-0.39, 0.29) is 17.0 Å². The number of alkyl halides is 2. The normalized spacial score (nSPS) is 10.8. The van der Waals surface area contributed by atoms with Crippen LogP contribution < -0.4 is 0 Å². The van der Waals surface area contributed by atoms with Crippen LogP contribution in [0.5, 0.6) is 0 Å². The highest BCUT2D eigenvalue weighted by atomic mass is 19.3. The highest BCUT2D eigenvalue weighted by Crippen LogP contribution is 2.22. The molecule has 7 heteroatoms. The van der Waals surface area contributed by atoms with Crippen LogP contribution in [0.1, 0.15) is 22.7 Å². The van der Waals surface area contributed by atoms with Gasteiger partial charge in [0.15, 0.2) is 6.29 Å². The maximum atomic E-state index is 13.2. The van der Waals surface area contributed by atoms with Gasteiger partial charge in [0, 0.05) is 5.56 Å². The molecule has 0 spiro atoms. The van der Waals surface area contributed by atoms with Crippen LogP contribution in [0.4, 0.5) is 13.2 Å². The maximum absolute atomic E-state index is 13.2. The number of rotatable bonds is 3. The van der Waals surface area contributed by atoms with Crippen molar-refractivity contribution in [2.24, 2.45) is 0 Å². The zero-order valence-corrected chi connectivity index (χ0v) is 8.23. The second kappa shape index (κ2) is 4.36. The van der Waals surface area contributed by atoms with Gasteiger partial charge in [0.2, 0.25) is 5.82 Å². The minimum absolute atomic E-state index is 0.133. The zero-order chi connectivity index (χ0) is 12.4. The SMILES string of the molecule is O=Cc1ccc(-c2noc(C(F)F)n2)cc1F. The van der Waals surface area contributed by atoms with Crippen LogP contribution in [0.2, 0.25) is 0 Å². The summed E-state index contributed by atoms with van der Waals surface area (Å²) in [4.78, 5) is 13.8. The van der Waals surface area contributed by atoms with Crippen molar-refractivity contribution < 1.29 is 22.5 Å². The molecule has 0 fully saturated rings. The lowest BCUT2D eigenvalue weighted by molar-refractivity contribution is 0.106. The van der Waals surface area contributed by atoms with Gasteiger partial charge in [0.05, 0.1) is 5.56 Å². The van der Waals surface area contributed by atoms with Gasteiger partial charge in [-0.25, -0.2) is 4.39 Å². The highest BCUT2D eigenvalue weighted by Gasteiger charge is 2.17. The number of carbonyl (C=O) groups is 1. The second-order valence-electron chi connectivity index (χ2n) is 3.11. The molecular formula is C10H5F3N2O2. The fourth-order valence-electron chi connectivity index (χ4n) is 1.20. The predicted octanol–water partition coefficient (Wildman–Crippen LogP) is 2.63. The molecule has 0 aliphatic carbocycles. The van der Waals surface area contributed by atoms with Crippen LogP contribution in [0.15, 0.2) is 22.7 Å². The van der Waals surface area contributed by atoms with Crippen molar-refractivity contribution in [2.45, 2.75) is 6.43 Å². The van der Waals surface area contributed by atoms with Crippen molar-refractivity contribution in [3.63, 3.8) is 0 Å². The quantitative estimate of drug-likeness (QED) is 0.776. The number of aromatic nitrogens is 2. The molecule has 1 heterocycles. The first-order valence-corrected chi connectivity index (χ1v) is 4.48. The molecule has 0 aliphatic rings. The molecule has 0 radical (unpaired) electrons. The first-order chi connectivity index (χ1) is 8.11. The monoisotopic (exact) mass is 242 g/mol. The average molecular weight is 242 g/mol. The van der Waals surface area contributed by atoms with Gasteiger partial charge >= 0.3 is 6.43 Å². The molecule has 0 unspecified atom stereocenters. The fraction of sp³-hybridized carbons (Fsp3) is 0.100. The lowest BCUT2D eigenvalue weighted by atomic mass is 10.1. The van der Waals surface area contributed by atoms with E-state index in [2.05, 4.69) is 14.7 Å². The third kappa shape index (κ3) is 2.17. The summed E-state index contributed by atoms with van der Waals surface area (Å²) in [5.74, 6) is -1.77. The molecule has 88 valence electrons. The molecule has 0 atom stereocenters. The summed E-state index contributed by atoms with van der Waals surface area (Å²) in [6.45, 7) is 0. The van der Waals surface area contributed by atoms with Gasteiger partial charge in [0.1, 0.15) is 5.82 Å². The summed E-state index contributed by atoms with van der Waals surface area (Å²) >= 11 is 0. The van der Waals surface area contributed by atoms with Crippen molar-refractivity contribution in [3.8, 4) is 11.4 Å². The van der Waals surface area contributed by atoms with Crippen molar-refractivity contribution in [1.29, 1.82) is 0 Å². The van der Waals surface area contributed by atoms with Crippen molar-refractivity contribution in [3.05, 3.63) is 35.5 Å². The smallest absolute Gasteiger partial charge is 0.315 e. The molecule has 0 saturated carbocycles. The third-order valence-corrected chi connectivity index (χ3v) is 2.01. The van der Waals surface area contributed by atoms with Gasteiger partial charge in [-0.3, -0.25) is 4.79 Å². The Morgan fingerprint density at radius 3 is 2.65 bits per heavy atom. The minimum Gasteiger partial charge on any atom is -0.333 e. The first kappa shape index (κ1) is 11.3. The van der Waals surface area contributed by atoms with Crippen LogP contribution in [-0.4, -0.2) is 16.4 Å². The third-order valence-electron chi connectivity index (χ3n) is 2.01. The van der Waals surface area contributed by atoms with Crippen LogP contribution in [0.25, 0.3) is 11.4 Å². The van der Waals surface area contributed by atoms with Crippen LogP contribution in [-0.2, 0) is 0 Å². The van der Waals surface area contributed by atoms with E-state index in [1.165, 1.54) is 12.1 Å². The molecule has 2 aromatic rings. The van der Waals surface area contributed by atoms with Gasteiger partial charge in [-0.05, 0) is 12.1 Å². The number of halogens is 3. The number of carbonyl (C=O) groups excluding carboxylic acids is 1. The van der Waals surface area contributed by atoms with Gasteiger partial charge < -0.3 is 4.52 Å². The Hall–Kier alpha value is -2.18. The molecule has 17 heavy (non-hydrogen) atoms. The molecule has 4 nitrogen and oxygen atoms in total. The number of benzene rings is 1. The predicted molar refractivity (Wildman–Crippen MR) is 50.0 cm³/mol. The molecular weight excluding hydrogens is 237 g/mol. The minimum atomic E-state index is -2.88. The highest BCUT2D eigenvalue weighted by molar-refractivity contribution is 5.76. The van der Waals surface area contributed by atoms with E-state index in [9.17, 15) is 18.0 Å². The standard InChI is InChI=1S/C10H5F3N2O2/c11-7-3-5(1-2-6(7)4-16)9-14-10(8(12)13)17-15-9/h1-4,8H. The zero-order valence-electron chi connectivity index (χ0n) is 8.23. The second-order valence-corrected chi connectivity index (χ2v) is 3.11. The lowest BCUT2D eigenvalue weighted by Crippen LogP contribution is -1.90. The molecule has 0 saturated heterocycles. The summed E-state index contributed by atoms with van der Waals surface area (Å²) in [5, 5.41) is 3.28. The van der Waals surface area contributed by atoms with Crippen molar-refractivity contribution in [2.75, 3.05) is 0 Å². The molecule has 1 aromatic carbocycles. The van der Waals surface area contributed by atoms with Gasteiger partial charge in [-0.1, -0.05) is 11.2 Å². The molecule has 0 amide bonds. The Balaban J connectivity index is 2.39. The van der Waals surface area contributed by atoms with E-state index < -0.39 is 18.1 Å². The first-order valence-electron chi connectivity index (χ1n) is 4.48.